The number of nitrogens with zero attached hydrogens (tertiary/aromatic N) is 1. The van der Waals surface area contributed by atoms with Crippen molar-refractivity contribution in [3.05, 3.63) is 57.3 Å². The first-order chi connectivity index (χ1) is 9.61. The number of hydrogen-bond donors (Lipinski definition) is 1. The van der Waals surface area contributed by atoms with Gasteiger partial charge in [-0.15, -0.1) is 11.3 Å². The van der Waals surface area contributed by atoms with Crippen LogP contribution in [0.15, 0.2) is 35.7 Å². The van der Waals surface area contributed by atoms with Crippen LogP contribution in [-0.2, 0) is 6.42 Å². The molecule has 0 aliphatic heterocycles. The molecule has 2 nitrogen and oxygen atoms in total. The van der Waals surface area contributed by atoms with Crippen molar-refractivity contribution in [2.45, 2.75) is 26.3 Å². The van der Waals surface area contributed by atoms with Gasteiger partial charge >= 0.3 is 0 Å². The van der Waals surface area contributed by atoms with E-state index in [1.807, 2.05) is 11.3 Å². The van der Waals surface area contributed by atoms with E-state index in [0.717, 1.165) is 13.0 Å². The average Bonchev–Trinajstić information content (AvgIpc) is 2.94. The minimum Gasteiger partial charge on any atom is -0.329 e. The number of hydrogen-bond acceptors (Lipinski definition) is 3. The molecule has 0 saturated heterocycles. The van der Waals surface area contributed by atoms with Gasteiger partial charge in [0.15, 0.2) is 0 Å². The van der Waals surface area contributed by atoms with Crippen LogP contribution >= 0.6 is 11.3 Å². The first kappa shape index (κ1) is 15.2. The third kappa shape index (κ3) is 3.69. The maximum atomic E-state index is 6.00. The zero-order valence-electron chi connectivity index (χ0n) is 12.6. The molecule has 1 aromatic carbocycles. The van der Waals surface area contributed by atoms with Gasteiger partial charge in [0.1, 0.15) is 0 Å². The Hall–Kier alpha value is -1.16. The predicted octanol–water partition coefficient (Wildman–Crippen LogP) is 3.54. The first-order valence-corrected chi connectivity index (χ1v) is 7.99. The molecule has 0 bridgehead atoms. The van der Waals surface area contributed by atoms with Crippen LogP contribution in [-0.4, -0.2) is 25.0 Å². The van der Waals surface area contributed by atoms with Crippen LogP contribution in [0.5, 0.6) is 0 Å². The lowest BCUT2D eigenvalue weighted by molar-refractivity contribution is 0.253. The largest absolute Gasteiger partial charge is 0.329 e. The molecule has 2 rings (SSSR count). The Labute approximate surface area is 126 Å². The van der Waals surface area contributed by atoms with Gasteiger partial charge in [-0.2, -0.15) is 0 Å². The topological polar surface area (TPSA) is 29.3 Å². The Morgan fingerprint density at radius 1 is 1.20 bits per heavy atom. The molecule has 0 aliphatic rings. The van der Waals surface area contributed by atoms with E-state index in [1.54, 1.807) is 0 Å². The van der Waals surface area contributed by atoms with Gasteiger partial charge in [-0.3, -0.25) is 4.90 Å². The van der Waals surface area contributed by atoms with Crippen LogP contribution in [0.1, 0.15) is 27.6 Å². The standard InChI is InChI=1S/C17H24N2S/c1-13-6-7-15(11-14(13)2)17(12-18)19(3)9-8-16-5-4-10-20-16/h4-7,10-11,17H,8-9,12,18H2,1-3H3. The fraction of sp³-hybridized carbons (Fsp3) is 0.412. The van der Waals surface area contributed by atoms with Gasteiger partial charge < -0.3 is 5.73 Å². The zero-order valence-corrected chi connectivity index (χ0v) is 13.4. The van der Waals surface area contributed by atoms with E-state index >= 15 is 0 Å². The van der Waals surface area contributed by atoms with Crippen LogP contribution in [0, 0.1) is 13.8 Å². The molecule has 20 heavy (non-hydrogen) atoms. The molecule has 0 aliphatic carbocycles. The Bertz CT molecular complexity index is 534. The number of rotatable bonds is 6. The van der Waals surface area contributed by atoms with Crippen LogP contribution in [0.25, 0.3) is 0 Å². The quantitative estimate of drug-likeness (QED) is 0.881. The van der Waals surface area contributed by atoms with Gasteiger partial charge in [0.25, 0.3) is 0 Å². The minimum atomic E-state index is 0.300. The maximum absolute atomic E-state index is 6.00. The van der Waals surface area contributed by atoms with E-state index < -0.39 is 0 Å². The molecule has 0 fully saturated rings. The van der Waals surface area contributed by atoms with Crippen LogP contribution in [0.4, 0.5) is 0 Å². The summed E-state index contributed by atoms with van der Waals surface area (Å²) in [5.41, 5.74) is 10.0. The third-order valence-electron chi connectivity index (χ3n) is 3.96. The van der Waals surface area contributed by atoms with Crippen LogP contribution < -0.4 is 5.73 Å². The van der Waals surface area contributed by atoms with E-state index in [1.165, 1.54) is 21.6 Å². The van der Waals surface area contributed by atoms with Crippen molar-refractivity contribution in [1.82, 2.24) is 4.90 Å². The fourth-order valence-corrected chi connectivity index (χ4v) is 3.14. The Morgan fingerprint density at radius 2 is 2.00 bits per heavy atom. The molecule has 1 heterocycles. The first-order valence-electron chi connectivity index (χ1n) is 7.11. The maximum Gasteiger partial charge on any atom is 0.0467 e. The fourth-order valence-electron chi connectivity index (χ4n) is 2.44. The summed E-state index contributed by atoms with van der Waals surface area (Å²) in [7, 11) is 2.17. The number of nitrogens with two attached hydrogens (primary N) is 1. The van der Waals surface area contributed by atoms with Crippen LogP contribution in [0.2, 0.25) is 0 Å². The van der Waals surface area contributed by atoms with Gasteiger partial charge in [0, 0.05) is 24.0 Å². The molecule has 3 heteroatoms. The highest BCUT2D eigenvalue weighted by Crippen LogP contribution is 2.21. The van der Waals surface area contributed by atoms with Gasteiger partial charge in [-0.05, 0) is 55.5 Å². The number of aryl methyl sites for hydroxylation is 2. The Kier molecular flexibility index (Phi) is 5.35. The van der Waals surface area contributed by atoms with Crippen molar-refractivity contribution < 1.29 is 0 Å². The van der Waals surface area contributed by atoms with Crippen molar-refractivity contribution >= 4 is 11.3 Å². The second kappa shape index (κ2) is 7.02. The van der Waals surface area contributed by atoms with Gasteiger partial charge in [-0.1, -0.05) is 24.3 Å². The molecule has 108 valence electrons. The van der Waals surface area contributed by atoms with E-state index in [0.29, 0.717) is 12.6 Å². The molecule has 2 N–H and O–H groups in total. The second-order valence-corrected chi connectivity index (χ2v) is 6.44. The molecule has 0 radical (unpaired) electrons. The normalized spacial score (nSPS) is 12.8. The van der Waals surface area contributed by atoms with Gasteiger partial charge in [0.05, 0.1) is 0 Å². The second-order valence-electron chi connectivity index (χ2n) is 5.41. The summed E-state index contributed by atoms with van der Waals surface area (Å²) < 4.78 is 0. The molecule has 1 atom stereocenters. The third-order valence-corrected chi connectivity index (χ3v) is 4.90. The van der Waals surface area contributed by atoms with Crippen molar-refractivity contribution in [3.8, 4) is 0 Å². The predicted molar refractivity (Wildman–Crippen MR) is 88.4 cm³/mol. The summed E-state index contributed by atoms with van der Waals surface area (Å²) in [5.74, 6) is 0. The molecule has 1 aromatic heterocycles. The smallest absolute Gasteiger partial charge is 0.0467 e. The van der Waals surface area contributed by atoms with Crippen molar-refractivity contribution in [3.63, 3.8) is 0 Å². The zero-order chi connectivity index (χ0) is 14.5. The molecule has 0 saturated carbocycles. The van der Waals surface area contributed by atoms with E-state index in [-0.39, 0.29) is 0 Å². The number of benzene rings is 1. The summed E-state index contributed by atoms with van der Waals surface area (Å²) in [4.78, 5) is 3.80. The molecular weight excluding hydrogens is 264 g/mol. The van der Waals surface area contributed by atoms with Gasteiger partial charge in [0.2, 0.25) is 0 Å². The van der Waals surface area contributed by atoms with Crippen molar-refractivity contribution in [2.75, 3.05) is 20.1 Å². The van der Waals surface area contributed by atoms with Crippen molar-refractivity contribution in [2.24, 2.45) is 5.73 Å². The highest BCUT2D eigenvalue weighted by molar-refractivity contribution is 7.09. The molecular formula is C17H24N2S. The monoisotopic (exact) mass is 288 g/mol. The van der Waals surface area contributed by atoms with E-state index in [9.17, 15) is 0 Å². The number of thiophene rings is 1. The molecule has 1 unspecified atom stereocenters. The number of likely N-dealkylation sites (N-methyl/N-ethyl adjacent to an activating group) is 1. The Morgan fingerprint density at radius 3 is 2.60 bits per heavy atom. The van der Waals surface area contributed by atoms with E-state index in [2.05, 4.69) is 61.5 Å². The minimum absolute atomic E-state index is 0.300. The lowest BCUT2D eigenvalue weighted by Crippen LogP contribution is -2.32. The lowest BCUT2D eigenvalue weighted by atomic mass is 10.00. The van der Waals surface area contributed by atoms with Crippen molar-refractivity contribution in [1.29, 1.82) is 0 Å². The highest BCUT2D eigenvalue weighted by atomic mass is 32.1. The summed E-state index contributed by atoms with van der Waals surface area (Å²) in [5, 5.41) is 2.14. The SMILES string of the molecule is Cc1ccc(C(CN)N(C)CCc2cccs2)cc1C. The lowest BCUT2D eigenvalue weighted by Gasteiger charge is -2.27. The summed E-state index contributed by atoms with van der Waals surface area (Å²) in [6.45, 7) is 6.01. The van der Waals surface area contributed by atoms with Gasteiger partial charge in [-0.25, -0.2) is 0 Å². The highest BCUT2D eigenvalue weighted by Gasteiger charge is 2.15. The summed E-state index contributed by atoms with van der Waals surface area (Å²) in [6, 6.07) is 11.3. The van der Waals surface area contributed by atoms with Crippen LogP contribution in [0.3, 0.4) is 0 Å². The van der Waals surface area contributed by atoms with E-state index in [4.69, 9.17) is 5.73 Å². The Balaban J connectivity index is 2.04. The molecule has 0 spiro atoms. The summed E-state index contributed by atoms with van der Waals surface area (Å²) >= 11 is 1.83. The average molecular weight is 288 g/mol. The molecule has 2 aromatic rings. The molecule has 0 amide bonds. The summed E-state index contributed by atoms with van der Waals surface area (Å²) in [6.07, 6.45) is 1.09.